The first-order valence-electron chi connectivity index (χ1n) is 9.38. The predicted molar refractivity (Wildman–Crippen MR) is 119 cm³/mol. The quantitative estimate of drug-likeness (QED) is 0.553. The van der Waals surface area contributed by atoms with E-state index < -0.39 is 6.04 Å². The standard InChI is InChI=1S/C23H21Cl2N3O2/c1-28(15-17-7-12-21(25)26-14-17)23(30)20(13-16-5-3-2-4-6-16)27-22(29)18-8-10-19(24)11-9-18/h2-12,14,20H,13,15H2,1H3,(H,27,29). The van der Waals surface area contributed by atoms with E-state index >= 15 is 0 Å². The second kappa shape index (κ2) is 10.2. The summed E-state index contributed by atoms with van der Waals surface area (Å²) in [6.45, 7) is 0.352. The first-order chi connectivity index (χ1) is 14.4. The van der Waals surface area contributed by atoms with E-state index in [0.717, 1.165) is 11.1 Å². The van der Waals surface area contributed by atoms with Crippen molar-refractivity contribution in [1.82, 2.24) is 15.2 Å². The smallest absolute Gasteiger partial charge is 0.251 e. The third-order valence-corrected chi connectivity index (χ3v) is 5.05. The fourth-order valence-corrected chi connectivity index (χ4v) is 3.25. The Hall–Kier alpha value is -2.89. The van der Waals surface area contributed by atoms with Crippen LogP contribution >= 0.6 is 23.2 Å². The first kappa shape index (κ1) is 21.8. The molecule has 1 N–H and O–H groups in total. The molecule has 2 aromatic carbocycles. The van der Waals surface area contributed by atoms with Gasteiger partial charge in [0.1, 0.15) is 11.2 Å². The fourth-order valence-electron chi connectivity index (χ4n) is 3.01. The van der Waals surface area contributed by atoms with Crippen LogP contribution < -0.4 is 5.32 Å². The molecule has 3 rings (SSSR count). The lowest BCUT2D eigenvalue weighted by Crippen LogP contribution is -2.48. The van der Waals surface area contributed by atoms with E-state index in [1.165, 1.54) is 0 Å². The van der Waals surface area contributed by atoms with Gasteiger partial charge in [-0.25, -0.2) is 4.98 Å². The molecule has 0 aliphatic carbocycles. The zero-order valence-electron chi connectivity index (χ0n) is 16.4. The number of pyridine rings is 1. The number of benzene rings is 2. The molecule has 0 spiro atoms. The minimum atomic E-state index is -0.721. The molecule has 0 aliphatic heterocycles. The minimum absolute atomic E-state index is 0.198. The van der Waals surface area contributed by atoms with Crippen molar-refractivity contribution in [3.05, 3.63) is 99.8 Å². The topological polar surface area (TPSA) is 62.3 Å². The van der Waals surface area contributed by atoms with Crippen molar-refractivity contribution < 1.29 is 9.59 Å². The molecule has 2 amide bonds. The summed E-state index contributed by atoms with van der Waals surface area (Å²) in [6.07, 6.45) is 2.01. The Labute approximate surface area is 185 Å². The van der Waals surface area contributed by atoms with E-state index in [2.05, 4.69) is 10.3 Å². The predicted octanol–water partition coefficient (Wildman–Crippen LogP) is 4.39. The number of carbonyl (C=O) groups excluding carboxylic acids is 2. The Bertz CT molecular complexity index is 993. The van der Waals surface area contributed by atoms with Gasteiger partial charge in [-0.05, 0) is 41.5 Å². The summed E-state index contributed by atoms with van der Waals surface area (Å²) in [7, 11) is 1.70. The van der Waals surface area contributed by atoms with Crippen molar-refractivity contribution in [2.45, 2.75) is 19.0 Å². The van der Waals surface area contributed by atoms with E-state index in [1.807, 2.05) is 36.4 Å². The average molecular weight is 442 g/mol. The van der Waals surface area contributed by atoms with Gasteiger partial charge in [-0.1, -0.05) is 59.6 Å². The zero-order valence-corrected chi connectivity index (χ0v) is 17.9. The Morgan fingerprint density at radius 3 is 2.30 bits per heavy atom. The molecule has 0 saturated carbocycles. The van der Waals surface area contributed by atoms with Gasteiger partial charge in [0.2, 0.25) is 5.91 Å². The van der Waals surface area contributed by atoms with Crippen molar-refractivity contribution in [1.29, 1.82) is 0 Å². The van der Waals surface area contributed by atoms with Gasteiger partial charge in [0.25, 0.3) is 5.91 Å². The molecular weight excluding hydrogens is 421 g/mol. The Balaban J connectivity index is 1.76. The van der Waals surface area contributed by atoms with Crippen LogP contribution in [0.15, 0.2) is 72.9 Å². The van der Waals surface area contributed by atoms with Gasteiger partial charge in [0, 0.05) is 36.8 Å². The SMILES string of the molecule is CN(Cc1ccc(Cl)nc1)C(=O)C(Cc1ccccc1)NC(=O)c1ccc(Cl)cc1. The van der Waals surface area contributed by atoms with E-state index in [1.54, 1.807) is 48.5 Å². The van der Waals surface area contributed by atoms with Crippen molar-refractivity contribution in [2.24, 2.45) is 0 Å². The maximum atomic E-state index is 13.2. The molecule has 0 aliphatic rings. The molecule has 0 radical (unpaired) electrons. The van der Waals surface area contributed by atoms with Crippen LogP contribution in [0.1, 0.15) is 21.5 Å². The highest BCUT2D eigenvalue weighted by molar-refractivity contribution is 6.30. The number of likely N-dealkylation sites (N-methyl/N-ethyl adjacent to an activating group) is 1. The summed E-state index contributed by atoms with van der Waals surface area (Å²) < 4.78 is 0. The lowest BCUT2D eigenvalue weighted by molar-refractivity contribution is -0.132. The molecule has 3 aromatic rings. The second-order valence-electron chi connectivity index (χ2n) is 6.91. The fraction of sp³-hybridized carbons (Fsp3) is 0.174. The molecule has 0 saturated heterocycles. The third kappa shape index (κ3) is 6.05. The summed E-state index contributed by atoms with van der Waals surface area (Å²) in [5.41, 5.74) is 2.24. The molecule has 1 aromatic heterocycles. The van der Waals surface area contributed by atoms with Crippen LogP contribution in [0.2, 0.25) is 10.2 Å². The molecule has 1 unspecified atom stereocenters. The highest BCUT2D eigenvalue weighted by Crippen LogP contribution is 2.13. The van der Waals surface area contributed by atoms with Crippen LogP contribution in [-0.2, 0) is 17.8 Å². The van der Waals surface area contributed by atoms with Crippen LogP contribution in [0.4, 0.5) is 0 Å². The molecule has 30 heavy (non-hydrogen) atoms. The summed E-state index contributed by atoms with van der Waals surface area (Å²) in [4.78, 5) is 31.5. The summed E-state index contributed by atoms with van der Waals surface area (Å²) in [5.74, 6) is -0.529. The van der Waals surface area contributed by atoms with Crippen LogP contribution in [0.3, 0.4) is 0 Å². The number of amides is 2. The third-order valence-electron chi connectivity index (χ3n) is 4.58. The molecular formula is C23H21Cl2N3O2. The first-order valence-corrected chi connectivity index (χ1v) is 10.1. The maximum Gasteiger partial charge on any atom is 0.251 e. The number of halogens is 2. The monoisotopic (exact) mass is 441 g/mol. The van der Waals surface area contributed by atoms with E-state index in [-0.39, 0.29) is 11.8 Å². The van der Waals surface area contributed by atoms with E-state index in [9.17, 15) is 9.59 Å². The number of rotatable bonds is 7. The van der Waals surface area contributed by atoms with Crippen molar-refractivity contribution in [3.8, 4) is 0 Å². The van der Waals surface area contributed by atoms with Gasteiger partial charge in [-0.3, -0.25) is 9.59 Å². The lowest BCUT2D eigenvalue weighted by atomic mass is 10.0. The van der Waals surface area contributed by atoms with Gasteiger partial charge in [-0.15, -0.1) is 0 Å². The Kier molecular flexibility index (Phi) is 7.44. The van der Waals surface area contributed by atoms with Crippen molar-refractivity contribution >= 4 is 35.0 Å². The van der Waals surface area contributed by atoms with E-state index in [4.69, 9.17) is 23.2 Å². The molecule has 0 fully saturated rings. The van der Waals surface area contributed by atoms with E-state index in [0.29, 0.717) is 28.7 Å². The molecule has 1 atom stereocenters. The highest BCUT2D eigenvalue weighted by atomic mass is 35.5. The number of nitrogens with zero attached hydrogens (tertiary/aromatic N) is 2. The number of aromatic nitrogens is 1. The van der Waals surface area contributed by atoms with Crippen LogP contribution in [-0.4, -0.2) is 34.8 Å². The van der Waals surface area contributed by atoms with Gasteiger partial charge >= 0.3 is 0 Å². The van der Waals surface area contributed by atoms with Crippen molar-refractivity contribution in [3.63, 3.8) is 0 Å². The normalized spacial score (nSPS) is 11.6. The number of nitrogens with one attached hydrogen (secondary N) is 1. The number of hydrogen-bond acceptors (Lipinski definition) is 3. The van der Waals surface area contributed by atoms with Crippen LogP contribution in [0.25, 0.3) is 0 Å². The Morgan fingerprint density at radius 1 is 0.967 bits per heavy atom. The summed E-state index contributed by atoms with van der Waals surface area (Å²) in [6, 6.07) is 18.9. The number of hydrogen-bond donors (Lipinski definition) is 1. The second-order valence-corrected chi connectivity index (χ2v) is 7.73. The van der Waals surface area contributed by atoms with Crippen LogP contribution in [0.5, 0.6) is 0 Å². The molecule has 1 heterocycles. The number of carbonyl (C=O) groups is 2. The molecule has 7 heteroatoms. The minimum Gasteiger partial charge on any atom is -0.340 e. The summed E-state index contributed by atoms with van der Waals surface area (Å²) >= 11 is 11.7. The molecule has 5 nitrogen and oxygen atoms in total. The Morgan fingerprint density at radius 2 is 1.67 bits per heavy atom. The van der Waals surface area contributed by atoms with Crippen LogP contribution in [0, 0.1) is 0 Å². The van der Waals surface area contributed by atoms with Gasteiger partial charge in [-0.2, -0.15) is 0 Å². The van der Waals surface area contributed by atoms with Gasteiger partial charge < -0.3 is 10.2 Å². The lowest BCUT2D eigenvalue weighted by Gasteiger charge is -2.25. The average Bonchev–Trinajstić information content (AvgIpc) is 2.75. The van der Waals surface area contributed by atoms with Crippen molar-refractivity contribution in [2.75, 3.05) is 7.05 Å². The van der Waals surface area contributed by atoms with Gasteiger partial charge in [0.15, 0.2) is 0 Å². The zero-order chi connectivity index (χ0) is 21.5. The largest absolute Gasteiger partial charge is 0.340 e. The van der Waals surface area contributed by atoms with Gasteiger partial charge in [0.05, 0.1) is 0 Å². The molecule has 0 bridgehead atoms. The summed E-state index contributed by atoms with van der Waals surface area (Å²) in [5, 5.41) is 3.80. The highest BCUT2D eigenvalue weighted by Gasteiger charge is 2.25. The molecule has 154 valence electrons. The maximum absolute atomic E-state index is 13.2.